The van der Waals surface area contributed by atoms with Gasteiger partial charge in [0.25, 0.3) is 5.91 Å². The number of aryl methyl sites for hydroxylation is 1. The Balaban J connectivity index is 1.43. The highest BCUT2D eigenvalue weighted by Gasteiger charge is 2.23. The molecule has 0 atom stereocenters. The van der Waals surface area contributed by atoms with E-state index in [1.54, 1.807) is 48.8 Å². The maximum atomic E-state index is 14.1. The van der Waals surface area contributed by atoms with Crippen LogP contribution in [0.1, 0.15) is 26.4 Å². The molecule has 0 aliphatic carbocycles. The number of amides is 1. The molecule has 1 aliphatic heterocycles. The van der Waals surface area contributed by atoms with E-state index in [2.05, 4.69) is 29.0 Å². The number of para-hydroxylation sites is 1. The van der Waals surface area contributed by atoms with Gasteiger partial charge in [-0.1, -0.05) is 12.1 Å². The SMILES string of the molecule is COc1ccc(C(=O)Nc2sc(C)c(C)c2CN2CCN(c3ccccc3F)CC2)cc1. The first-order valence-corrected chi connectivity index (χ1v) is 11.5. The van der Waals surface area contributed by atoms with Crippen LogP contribution in [0, 0.1) is 19.7 Å². The molecule has 1 saturated heterocycles. The summed E-state index contributed by atoms with van der Waals surface area (Å²) in [6.07, 6.45) is 0. The van der Waals surface area contributed by atoms with Gasteiger partial charge in [-0.15, -0.1) is 11.3 Å². The average molecular weight is 454 g/mol. The molecule has 1 amide bonds. The van der Waals surface area contributed by atoms with Crippen LogP contribution in [-0.2, 0) is 6.54 Å². The van der Waals surface area contributed by atoms with Gasteiger partial charge in [0.05, 0.1) is 12.8 Å². The fourth-order valence-corrected chi connectivity index (χ4v) is 5.03. The summed E-state index contributed by atoms with van der Waals surface area (Å²) in [6, 6.07) is 14.1. The molecule has 0 saturated carbocycles. The van der Waals surface area contributed by atoms with E-state index < -0.39 is 0 Å². The Morgan fingerprint density at radius 3 is 2.41 bits per heavy atom. The number of piperazine rings is 1. The topological polar surface area (TPSA) is 44.8 Å². The quantitative estimate of drug-likeness (QED) is 0.565. The summed E-state index contributed by atoms with van der Waals surface area (Å²) in [6.45, 7) is 8.19. The number of nitrogens with zero attached hydrogens (tertiary/aromatic N) is 2. The fourth-order valence-electron chi connectivity index (χ4n) is 3.96. The normalized spacial score (nSPS) is 14.4. The average Bonchev–Trinajstić information content (AvgIpc) is 3.07. The number of carbonyl (C=O) groups is 1. The van der Waals surface area contributed by atoms with Crippen molar-refractivity contribution in [2.24, 2.45) is 0 Å². The predicted octanol–water partition coefficient (Wildman–Crippen LogP) is 5.09. The number of ether oxygens (including phenoxy) is 1. The molecule has 168 valence electrons. The van der Waals surface area contributed by atoms with Gasteiger partial charge < -0.3 is 15.0 Å². The van der Waals surface area contributed by atoms with Gasteiger partial charge in [-0.3, -0.25) is 9.69 Å². The summed E-state index contributed by atoms with van der Waals surface area (Å²) >= 11 is 1.62. The second kappa shape index (κ2) is 9.71. The molecule has 0 bridgehead atoms. The van der Waals surface area contributed by atoms with Crippen molar-refractivity contribution >= 4 is 27.9 Å². The Hall–Kier alpha value is -2.90. The summed E-state index contributed by atoms with van der Waals surface area (Å²) in [4.78, 5) is 18.5. The van der Waals surface area contributed by atoms with Gasteiger partial charge in [0.15, 0.2) is 0 Å². The van der Waals surface area contributed by atoms with Crippen LogP contribution in [-0.4, -0.2) is 44.1 Å². The van der Waals surface area contributed by atoms with Crippen LogP contribution in [0.4, 0.5) is 15.1 Å². The first-order chi connectivity index (χ1) is 15.5. The Morgan fingerprint density at radius 2 is 1.75 bits per heavy atom. The van der Waals surface area contributed by atoms with Crippen LogP contribution in [0.3, 0.4) is 0 Å². The van der Waals surface area contributed by atoms with Gasteiger partial charge in [-0.2, -0.15) is 0 Å². The van der Waals surface area contributed by atoms with Gasteiger partial charge >= 0.3 is 0 Å². The van der Waals surface area contributed by atoms with Crippen molar-refractivity contribution in [2.45, 2.75) is 20.4 Å². The predicted molar refractivity (Wildman–Crippen MR) is 129 cm³/mol. The molecule has 3 aromatic rings. The Morgan fingerprint density at radius 1 is 1.06 bits per heavy atom. The second-order valence-corrected chi connectivity index (χ2v) is 9.21. The summed E-state index contributed by atoms with van der Waals surface area (Å²) in [5, 5.41) is 4.01. The molecule has 1 N–H and O–H groups in total. The molecule has 1 aliphatic rings. The highest BCUT2D eigenvalue weighted by molar-refractivity contribution is 7.16. The minimum atomic E-state index is -0.172. The number of methoxy groups -OCH3 is 1. The number of nitrogens with one attached hydrogen (secondary N) is 1. The lowest BCUT2D eigenvalue weighted by atomic mass is 10.1. The van der Waals surface area contributed by atoms with Crippen molar-refractivity contribution < 1.29 is 13.9 Å². The number of rotatable bonds is 6. The van der Waals surface area contributed by atoms with E-state index in [4.69, 9.17) is 4.74 Å². The molecule has 0 spiro atoms. The number of carbonyl (C=O) groups excluding carboxylic acids is 1. The highest BCUT2D eigenvalue weighted by Crippen LogP contribution is 2.34. The number of halogens is 1. The van der Waals surface area contributed by atoms with Gasteiger partial charge in [-0.25, -0.2) is 4.39 Å². The lowest BCUT2D eigenvalue weighted by Crippen LogP contribution is -2.46. The Bertz CT molecular complexity index is 1090. The zero-order chi connectivity index (χ0) is 22.7. The minimum absolute atomic E-state index is 0.125. The molecule has 2 aromatic carbocycles. The molecule has 1 fully saturated rings. The van der Waals surface area contributed by atoms with E-state index in [-0.39, 0.29) is 11.7 Å². The molecular formula is C25H28FN3O2S. The molecule has 0 radical (unpaired) electrons. The summed E-state index contributed by atoms with van der Waals surface area (Å²) in [5.74, 6) is 0.424. The molecule has 2 heterocycles. The third kappa shape index (κ3) is 4.79. The second-order valence-electron chi connectivity index (χ2n) is 7.99. The third-order valence-corrected chi connectivity index (χ3v) is 7.20. The molecule has 1 aromatic heterocycles. The molecule has 7 heteroatoms. The number of benzene rings is 2. The number of hydrogen-bond acceptors (Lipinski definition) is 5. The summed E-state index contributed by atoms with van der Waals surface area (Å²) in [7, 11) is 1.61. The molecule has 5 nitrogen and oxygen atoms in total. The van der Waals surface area contributed by atoms with Crippen molar-refractivity contribution in [1.29, 1.82) is 0 Å². The van der Waals surface area contributed by atoms with E-state index in [1.165, 1.54) is 16.5 Å². The minimum Gasteiger partial charge on any atom is -0.497 e. The number of thiophene rings is 1. The number of hydrogen-bond donors (Lipinski definition) is 1. The Kier molecular flexibility index (Phi) is 6.77. The molecule has 0 unspecified atom stereocenters. The first-order valence-electron chi connectivity index (χ1n) is 10.7. The van der Waals surface area contributed by atoms with Gasteiger partial charge in [0, 0.05) is 48.7 Å². The van der Waals surface area contributed by atoms with Crippen molar-refractivity contribution in [2.75, 3.05) is 43.5 Å². The monoisotopic (exact) mass is 453 g/mol. The van der Waals surface area contributed by atoms with Gasteiger partial charge in [0.1, 0.15) is 16.6 Å². The van der Waals surface area contributed by atoms with E-state index in [1.807, 2.05) is 12.1 Å². The van der Waals surface area contributed by atoms with Crippen LogP contribution in [0.2, 0.25) is 0 Å². The zero-order valence-electron chi connectivity index (χ0n) is 18.7. The van der Waals surface area contributed by atoms with Crippen molar-refractivity contribution in [1.82, 2.24) is 4.90 Å². The molecular weight excluding hydrogens is 425 g/mol. The number of anilines is 2. The van der Waals surface area contributed by atoms with Crippen LogP contribution >= 0.6 is 11.3 Å². The van der Waals surface area contributed by atoms with Crippen LogP contribution < -0.4 is 15.0 Å². The van der Waals surface area contributed by atoms with Crippen LogP contribution in [0.25, 0.3) is 0 Å². The standard InChI is InChI=1S/C25H28FN3O2S/c1-17-18(2)32-25(27-24(30)19-8-10-20(31-3)11-9-19)21(17)16-28-12-14-29(15-13-28)23-7-5-4-6-22(23)26/h4-11H,12-16H2,1-3H3,(H,27,30). The van der Waals surface area contributed by atoms with Crippen molar-refractivity contribution in [3.8, 4) is 5.75 Å². The Labute approximate surface area is 192 Å². The maximum absolute atomic E-state index is 14.1. The molecule has 32 heavy (non-hydrogen) atoms. The lowest BCUT2D eigenvalue weighted by molar-refractivity contribution is 0.102. The summed E-state index contributed by atoms with van der Waals surface area (Å²) < 4.78 is 19.3. The fraction of sp³-hybridized carbons (Fsp3) is 0.320. The van der Waals surface area contributed by atoms with E-state index >= 15 is 0 Å². The van der Waals surface area contributed by atoms with Crippen molar-refractivity contribution in [3.05, 3.63) is 75.9 Å². The van der Waals surface area contributed by atoms with E-state index in [0.29, 0.717) is 11.3 Å². The zero-order valence-corrected chi connectivity index (χ0v) is 19.5. The highest BCUT2D eigenvalue weighted by atomic mass is 32.1. The maximum Gasteiger partial charge on any atom is 0.256 e. The molecule has 4 rings (SSSR count). The lowest BCUT2D eigenvalue weighted by Gasteiger charge is -2.36. The van der Waals surface area contributed by atoms with Crippen LogP contribution in [0.15, 0.2) is 48.5 Å². The summed E-state index contributed by atoms with van der Waals surface area (Å²) in [5.41, 5.74) is 3.64. The third-order valence-electron chi connectivity index (χ3n) is 6.04. The first kappa shape index (κ1) is 22.3. The smallest absolute Gasteiger partial charge is 0.256 e. The van der Waals surface area contributed by atoms with Crippen molar-refractivity contribution in [3.63, 3.8) is 0 Å². The van der Waals surface area contributed by atoms with Crippen LogP contribution in [0.5, 0.6) is 5.75 Å². The van der Waals surface area contributed by atoms with E-state index in [9.17, 15) is 9.18 Å². The van der Waals surface area contributed by atoms with Gasteiger partial charge in [-0.05, 0) is 55.8 Å². The van der Waals surface area contributed by atoms with Gasteiger partial charge in [0.2, 0.25) is 0 Å². The largest absolute Gasteiger partial charge is 0.497 e. The van der Waals surface area contributed by atoms with E-state index in [0.717, 1.165) is 49.0 Å².